The van der Waals surface area contributed by atoms with Gasteiger partial charge in [0.1, 0.15) is 0 Å². The molecule has 0 aliphatic carbocycles. The van der Waals surface area contributed by atoms with Crippen LogP contribution in [0.5, 0.6) is 0 Å². The summed E-state index contributed by atoms with van der Waals surface area (Å²) in [7, 11) is 0. The van der Waals surface area contributed by atoms with Gasteiger partial charge in [-0.3, -0.25) is 0 Å². The molecule has 0 radical (unpaired) electrons. The summed E-state index contributed by atoms with van der Waals surface area (Å²) in [5, 5.41) is 0. The fourth-order valence-corrected chi connectivity index (χ4v) is 0. The van der Waals surface area contributed by atoms with Gasteiger partial charge in [-0.05, 0) is 0 Å². The first kappa shape index (κ1) is 9.85. The van der Waals surface area contributed by atoms with Crippen LogP contribution < -0.4 is 0 Å². The van der Waals surface area contributed by atoms with Crippen LogP contribution in [0.3, 0.4) is 0 Å². The van der Waals surface area contributed by atoms with Gasteiger partial charge in [0.2, 0.25) is 0 Å². The second-order valence-corrected chi connectivity index (χ2v) is 70.1. The molecule has 6 heteroatoms. The molecule has 0 nitrogen and oxygen atoms in total. The van der Waals surface area contributed by atoms with Crippen molar-refractivity contribution in [2.75, 3.05) is 0 Å². The van der Waals surface area contributed by atoms with Gasteiger partial charge in [0, 0.05) is 0 Å². The van der Waals surface area contributed by atoms with Crippen LogP contribution in [0.1, 0.15) is 0 Å². The van der Waals surface area contributed by atoms with Crippen LogP contribution in [0.2, 0.25) is 0 Å². The maximum absolute atomic E-state index is 2.69. The standard InChI is InChI=1S/I4S.V/c1-5(2,3)4;. The first-order valence-corrected chi connectivity index (χ1v) is 14.7. The van der Waals surface area contributed by atoms with Crippen molar-refractivity contribution < 1.29 is 15.7 Å². The van der Waals surface area contributed by atoms with Gasteiger partial charge in [-0.15, -0.1) is 0 Å². The molecule has 0 spiro atoms. The van der Waals surface area contributed by atoms with Gasteiger partial charge in [-0.25, -0.2) is 0 Å². The average molecular weight is 591 g/mol. The Morgan fingerprint density at radius 2 is 1.00 bits per heavy atom. The number of rotatable bonds is 0. The van der Waals surface area contributed by atoms with E-state index >= 15 is 0 Å². The van der Waals surface area contributed by atoms with Crippen LogP contribution in [-0.2, 0) is 15.7 Å². The molecule has 0 aromatic heterocycles. The summed E-state index contributed by atoms with van der Waals surface area (Å²) in [5.41, 5.74) is 0. The molecule has 0 saturated heterocycles. The minimum absolute atomic E-state index is 1.03. The summed E-state index contributed by atoms with van der Waals surface area (Å²) in [6, 6.07) is 0. The number of halogens is 4. The molecule has 0 aliphatic heterocycles. The zero-order chi connectivity index (χ0) is 5.45. The maximum atomic E-state index is 2.69. The molecule has 39 valence electrons. The van der Waals surface area contributed by atoms with Crippen molar-refractivity contribution in [1.82, 2.24) is 0 Å². The van der Waals surface area contributed by atoms with Gasteiger partial charge in [-0.1, -0.05) is 0 Å². The van der Waals surface area contributed by atoms with Gasteiger partial charge in [-0.2, -0.15) is 0 Å². The quantitative estimate of drug-likeness (QED) is 0.372. The molecule has 0 fully saturated rings. The summed E-state index contributed by atoms with van der Waals surface area (Å²) in [5.74, 6) is 0. The first-order chi connectivity index (χ1) is 2.24. The van der Waals surface area contributed by atoms with Crippen LogP contribution in [0, 0.1) is 0 Å². The minimum atomic E-state index is -1.03. The van der Waals surface area contributed by atoms with Crippen LogP contribution in [-0.4, -0.2) is 0 Å². The van der Waals surface area contributed by atoms with E-state index < -0.39 is -4.50 Å². The third-order valence-corrected chi connectivity index (χ3v) is 0. The van der Waals surface area contributed by atoms with Crippen LogP contribution >= 0.6 is 80.3 Å². The second kappa shape index (κ2) is 2.85. The molecule has 0 N–H and O–H groups in total. The van der Waals surface area contributed by atoms with E-state index in [1.165, 1.54) is 0 Å². The van der Waals surface area contributed by atoms with E-state index in [1.807, 2.05) is 0 Å². The Morgan fingerprint density at radius 1 is 1.00 bits per heavy atom. The van der Waals surface area contributed by atoms with Crippen LogP contribution in [0.4, 0.5) is 0 Å². The Hall–Kier alpha value is 3.85. The van der Waals surface area contributed by atoms with E-state index in [4.69, 9.17) is 0 Å². The molecule has 0 heterocycles. The molecular formula is I4SV. The van der Waals surface area contributed by atoms with Crippen LogP contribution in [0.15, 0.2) is 0 Å². The third-order valence-electron chi connectivity index (χ3n) is 0. The van der Waals surface area contributed by atoms with E-state index in [9.17, 15) is 0 Å². The predicted molar refractivity (Wildman–Crippen MR) is 63.7 cm³/mol. The van der Waals surface area contributed by atoms with Crippen molar-refractivity contribution in [2.45, 2.75) is 0 Å². The van der Waals surface area contributed by atoms with E-state index in [1.54, 1.807) is 0 Å². The molecule has 0 rings (SSSR count). The molecule has 6 heavy (non-hydrogen) atoms. The van der Waals surface area contributed by atoms with Gasteiger partial charge in [0.15, 0.2) is 0 Å². The molecule has 0 atom stereocenters. The summed E-state index contributed by atoms with van der Waals surface area (Å²) in [6.45, 7) is 0. The molecule has 0 aromatic rings. The number of hydrogen-bond acceptors (Lipinski definition) is 0. The van der Waals surface area contributed by atoms with Crippen molar-refractivity contribution >= 4 is 80.3 Å². The Kier molecular flexibility index (Phi) is 4.67. The number of hydrogen-bond donors (Lipinski definition) is 0. The van der Waals surface area contributed by atoms with Gasteiger partial charge >= 0.3 is 96.0 Å². The first-order valence-electron chi connectivity index (χ1n) is 0.800. The third kappa shape index (κ3) is 24.8. The van der Waals surface area contributed by atoms with E-state index in [0.717, 1.165) is 0 Å². The molecule has 0 aromatic carbocycles. The Labute approximate surface area is 93.2 Å². The molecule has 0 aliphatic rings. The van der Waals surface area contributed by atoms with E-state index in [0.29, 0.717) is 0 Å². The van der Waals surface area contributed by atoms with Crippen molar-refractivity contribution in [1.29, 1.82) is 0 Å². The van der Waals surface area contributed by atoms with E-state index in [-0.39, 0.29) is 0 Å². The molecular weight excluding hydrogens is 591 g/mol. The average Bonchev–Trinajstić information content (AvgIpc) is 0.650. The molecule has 0 saturated carbocycles. The Bertz CT molecular complexity index is 85.2. The summed E-state index contributed by atoms with van der Waals surface area (Å²) in [6.07, 6.45) is 0. The topological polar surface area (TPSA) is 0 Å². The van der Waals surface area contributed by atoms with Gasteiger partial charge in [0.25, 0.3) is 0 Å². The zero-order valence-electron chi connectivity index (χ0n) is 2.37. The monoisotopic (exact) mass is 591 g/mol. The fourth-order valence-electron chi connectivity index (χ4n) is 0. The van der Waals surface area contributed by atoms with Crippen molar-refractivity contribution in [2.24, 2.45) is 0 Å². The zero-order valence-corrected chi connectivity index (χ0v) is 13.2. The molecule has 0 amide bonds. The van der Waals surface area contributed by atoms with Gasteiger partial charge in [0.05, 0.1) is 0 Å². The Balaban J connectivity index is 4.16. The fraction of sp³-hybridized carbons (Fsp3) is 0. The van der Waals surface area contributed by atoms with Gasteiger partial charge < -0.3 is 0 Å². The van der Waals surface area contributed by atoms with Crippen molar-refractivity contribution in [3.8, 4) is 0 Å². The van der Waals surface area contributed by atoms with E-state index in [2.05, 4.69) is 101 Å². The normalized spacial score (nSPS) is 18.8. The van der Waals surface area contributed by atoms with Crippen LogP contribution in [0.25, 0.3) is 0 Å². The predicted octanol–water partition coefficient (Wildman–Crippen LogP) is 4.19. The molecule has 0 bridgehead atoms. The summed E-state index contributed by atoms with van der Waals surface area (Å²) in [4.78, 5) is 0. The SMILES string of the molecule is [V]=[S](I)(I)(I)I. The second-order valence-electron chi connectivity index (χ2n) is 0.626. The molecule has 0 unspecified atom stereocenters. The van der Waals surface area contributed by atoms with Crippen molar-refractivity contribution in [3.63, 3.8) is 0 Å². The summed E-state index contributed by atoms with van der Waals surface area (Å²) < 4.78 is -1.03. The Morgan fingerprint density at radius 3 is 1.00 bits per heavy atom. The van der Waals surface area contributed by atoms with Crippen molar-refractivity contribution in [3.05, 3.63) is 0 Å². The summed E-state index contributed by atoms with van der Waals surface area (Å²) >= 11 is 12.5.